The molecule has 2 heteroatoms. The van der Waals surface area contributed by atoms with Crippen LogP contribution in [0.15, 0.2) is 12.1 Å². The van der Waals surface area contributed by atoms with Gasteiger partial charge in [-0.05, 0) is 49.4 Å². The van der Waals surface area contributed by atoms with Gasteiger partial charge >= 0.3 is 0 Å². The van der Waals surface area contributed by atoms with Crippen LogP contribution in [0.25, 0.3) is 0 Å². The quantitative estimate of drug-likeness (QED) is 0.798. The summed E-state index contributed by atoms with van der Waals surface area (Å²) < 4.78 is 5.26. The molecule has 1 unspecified atom stereocenters. The van der Waals surface area contributed by atoms with Crippen LogP contribution in [0.1, 0.15) is 42.0 Å². The first-order valence-corrected chi connectivity index (χ1v) is 6.87. The first-order chi connectivity index (χ1) is 8.58. The zero-order valence-corrected chi connectivity index (χ0v) is 12.5. The first-order valence-electron chi connectivity index (χ1n) is 6.87. The summed E-state index contributed by atoms with van der Waals surface area (Å²) in [5.41, 5.74) is 5.52. The lowest BCUT2D eigenvalue weighted by Crippen LogP contribution is -2.32. The van der Waals surface area contributed by atoms with Gasteiger partial charge in [-0.3, -0.25) is 0 Å². The van der Waals surface area contributed by atoms with E-state index in [1.165, 1.54) is 28.7 Å². The molecule has 0 fully saturated rings. The number of methoxy groups -OCH3 is 1. The summed E-state index contributed by atoms with van der Waals surface area (Å²) in [4.78, 5) is 0. The van der Waals surface area contributed by atoms with Gasteiger partial charge in [-0.1, -0.05) is 25.5 Å². The predicted molar refractivity (Wildman–Crippen MR) is 78.1 cm³/mol. The van der Waals surface area contributed by atoms with Gasteiger partial charge in [0.2, 0.25) is 0 Å². The topological polar surface area (TPSA) is 21.3 Å². The molecule has 1 aromatic rings. The fourth-order valence-electron chi connectivity index (χ4n) is 2.26. The van der Waals surface area contributed by atoms with Crippen molar-refractivity contribution < 1.29 is 4.74 Å². The lowest BCUT2D eigenvalue weighted by atomic mass is 10.0. The Hall–Kier alpha value is -0.860. The molecule has 0 spiro atoms. The molecular formula is C16H27NO. The summed E-state index contributed by atoms with van der Waals surface area (Å²) in [6.45, 7) is 10.5. The first kappa shape index (κ1) is 15.2. The second kappa shape index (κ2) is 7.55. The van der Waals surface area contributed by atoms with Crippen LogP contribution in [0.3, 0.4) is 0 Å². The summed E-state index contributed by atoms with van der Waals surface area (Å²) in [7, 11) is 1.77. The van der Waals surface area contributed by atoms with Crippen molar-refractivity contribution in [1.29, 1.82) is 0 Å². The smallest absolute Gasteiger partial charge is 0.0615 e. The Bertz CT molecular complexity index is 368. The number of benzene rings is 1. The van der Waals surface area contributed by atoms with Gasteiger partial charge in [0.1, 0.15) is 0 Å². The number of rotatable bonds is 7. The maximum Gasteiger partial charge on any atom is 0.0615 e. The van der Waals surface area contributed by atoms with Crippen LogP contribution in [0.5, 0.6) is 0 Å². The van der Waals surface area contributed by atoms with E-state index in [1.807, 2.05) is 0 Å². The third-order valence-electron chi connectivity index (χ3n) is 3.54. The second-order valence-corrected chi connectivity index (χ2v) is 5.18. The van der Waals surface area contributed by atoms with E-state index in [-0.39, 0.29) is 0 Å². The van der Waals surface area contributed by atoms with E-state index in [9.17, 15) is 0 Å². The van der Waals surface area contributed by atoms with Crippen LogP contribution in [-0.2, 0) is 11.3 Å². The lowest BCUT2D eigenvalue weighted by Gasteiger charge is -2.18. The Morgan fingerprint density at radius 2 is 1.78 bits per heavy atom. The Kier molecular flexibility index (Phi) is 6.37. The minimum absolute atomic E-state index is 0.459. The zero-order chi connectivity index (χ0) is 13.5. The van der Waals surface area contributed by atoms with E-state index in [4.69, 9.17) is 4.74 Å². The van der Waals surface area contributed by atoms with Crippen LogP contribution < -0.4 is 5.32 Å². The average molecular weight is 249 g/mol. The number of aryl methyl sites for hydroxylation is 3. The molecule has 2 nitrogen and oxygen atoms in total. The second-order valence-electron chi connectivity index (χ2n) is 5.18. The van der Waals surface area contributed by atoms with E-state index in [0.29, 0.717) is 6.04 Å². The maximum atomic E-state index is 5.26. The monoisotopic (exact) mass is 249 g/mol. The highest BCUT2D eigenvalue weighted by atomic mass is 16.5. The van der Waals surface area contributed by atoms with Crippen LogP contribution >= 0.6 is 0 Å². The van der Waals surface area contributed by atoms with Crippen LogP contribution in [0.2, 0.25) is 0 Å². The van der Waals surface area contributed by atoms with Crippen molar-refractivity contribution in [2.75, 3.05) is 13.7 Å². The van der Waals surface area contributed by atoms with Crippen molar-refractivity contribution in [3.8, 4) is 0 Å². The van der Waals surface area contributed by atoms with Crippen LogP contribution in [0, 0.1) is 20.8 Å². The van der Waals surface area contributed by atoms with Crippen molar-refractivity contribution >= 4 is 0 Å². The van der Waals surface area contributed by atoms with Gasteiger partial charge in [0.15, 0.2) is 0 Å². The van der Waals surface area contributed by atoms with Gasteiger partial charge in [-0.15, -0.1) is 0 Å². The molecule has 0 heterocycles. The summed E-state index contributed by atoms with van der Waals surface area (Å²) in [6, 6.07) is 5.03. The lowest BCUT2D eigenvalue weighted by molar-refractivity contribution is 0.161. The van der Waals surface area contributed by atoms with Crippen molar-refractivity contribution in [2.45, 2.75) is 53.1 Å². The minimum Gasteiger partial charge on any atom is -0.383 e. The highest BCUT2D eigenvalue weighted by molar-refractivity contribution is 5.36. The molecule has 0 radical (unpaired) electrons. The van der Waals surface area contributed by atoms with Crippen molar-refractivity contribution in [2.24, 2.45) is 0 Å². The van der Waals surface area contributed by atoms with Crippen molar-refractivity contribution in [1.82, 2.24) is 5.32 Å². The van der Waals surface area contributed by atoms with Gasteiger partial charge in [0.25, 0.3) is 0 Å². The molecule has 1 N–H and O–H groups in total. The van der Waals surface area contributed by atoms with E-state index < -0.39 is 0 Å². The maximum absolute atomic E-state index is 5.26. The van der Waals surface area contributed by atoms with Crippen molar-refractivity contribution in [3.05, 3.63) is 34.4 Å². The summed E-state index contributed by atoms with van der Waals surface area (Å²) >= 11 is 0. The van der Waals surface area contributed by atoms with Gasteiger partial charge in [0.05, 0.1) is 6.61 Å². The molecule has 1 atom stereocenters. The van der Waals surface area contributed by atoms with Gasteiger partial charge in [-0.25, -0.2) is 0 Å². The normalized spacial score (nSPS) is 12.7. The largest absolute Gasteiger partial charge is 0.383 e. The molecule has 0 aliphatic rings. The molecule has 1 rings (SSSR count). The fraction of sp³-hybridized carbons (Fsp3) is 0.625. The molecule has 0 saturated carbocycles. The van der Waals surface area contributed by atoms with E-state index in [1.54, 1.807) is 7.11 Å². The van der Waals surface area contributed by atoms with E-state index >= 15 is 0 Å². The van der Waals surface area contributed by atoms with Crippen molar-refractivity contribution in [3.63, 3.8) is 0 Å². The molecule has 0 saturated heterocycles. The molecular weight excluding hydrogens is 222 g/mol. The minimum atomic E-state index is 0.459. The SMILES string of the molecule is CCCC(COC)NCc1cc(C)c(C)cc1C. The number of ether oxygens (including phenoxy) is 1. The molecule has 0 amide bonds. The molecule has 0 bridgehead atoms. The number of hydrogen-bond acceptors (Lipinski definition) is 2. The predicted octanol–water partition coefficient (Wildman–Crippen LogP) is 3.52. The van der Waals surface area contributed by atoms with Gasteiger partial charge < -0.3 is 10.1 Å². The van der Waals surface area contributed by atoms with E-state index in [0.717, 1.165) is 19.6 Å². The molecule has 102 valence electrons. The summed E-state index contributed by atoms with van der Waals surface area (Å²) in [6.07, 6.45) is 2.35. The summed E-state index contributed by atoms with van der Waals surface area (Å²) in [5, 5.41) is 3.60. The van der Waals surface area contributed by atoms with Gasteiger partial charge in [-0.2, -0.15) is 0 Å². The molecule has 18 heavy (non-hydrogen) atoms. The standard InChI is InChI=1S/C16H27NO/c1-6-7-16(11-18-5)17-10-15-9-13(3)12(2)8-14(15)4/h8-9,16-17H,6-7,10-11H2,1-5H3. The highest BCUT2D eigenvalue weighted by Crippen LogP contribution is 2.15. The number of hydrogen-bond donors (Lipinski definition) is 1. The number of nitrogens with one attached hydrogen (secondary N) is 1. The van der Waals surface area contributed by atoms with Crippen LogP contribution in [-0.4, -0.2) is 19.8 Å². The van der Waals surface area contributed by atoms with Crippen LogP contribution in [0.4, 0.5) is 0 Å². The van der Waals surface area contributed by atoms with E-state index in [2.05, 4.69) is 45.1 Å². The zero-order valence-electron chi connectivity index (χ0n) is 12.5. The Balaban J connectivity index is 2.64. The Labute approximate surface area is 112 Å². The molecule has 0 aromatic heterocycles. The highest BCUT2D eigenvalue weighted by Gasteiger charge is 2.08. The summed E-state index contributed by atoms with van der Waals surface area (Å²) in [5.74, 6) is 0. The third kappa shape index (κ3) is 4.43. The molecule has 0 aliphatic carbocycles. The Morgan fingerprint density at radius 1 is 1.11 bits per heavy atom. The fourth-order valence-corrected chi connectivity index (χ4v) is 2.26. The third-order valence-corrected chi connectivity index (χ3v) is 3.54. The molecule has 1 aromatic carbocycles. The molecule has 0 aliphatic heterocycles. The van der Waals surface area contributed by atoms with Gasteiger partial charge in [0, 0.05) is 19.7 Å². The Morgan fingerprint density at radius 3 is 2.39 bits per heavy atom. The average Bonchev–Trinajstić information content (AvgIpc) is 2.32.